The zero-order chi connectivity index (χ0) is 12.1. The molecular weight excluding hydrogens is 278 g/mol. The largest absolute Gasteiger partial charge is 0.381 e. The summed E-state index contributed by atoms with van der Waals surface area (Å²) in [6.45, 7) is 4.43. The van der Waals surface area contributed by atoms with E-state index < -0.39 is 0 Å². The lowest BCUT2D eigenvalue weighted by Gasteiger charge is -2.34. The number of rotatable bonds is 5. The molecule has 1 aliphatic carbocycles. The van der Waals surface area contributed by atoms with Gasteiger partial charge in [0.1, 0.15) is 0 Å². The predicted octanol–water partition coefficient (Wildman–Crippen LogP) is 3.30. The molecule has 3 heteroatoms. The topological polar surface area (TPSA) is 12.5 Å². The molecule has 1 aliphatic heterocycles. The van der Waals surface area contributed by atoms with Gasteiger partial charge in [0.05, 0.1) is 6.61 Å². The van der Waals surface area contributed by atoms with Crippen LogP contribution in [-0.4, -0.2) is 43.6 Å². The molecule has 0 N–H and O–H groups in total. The Balaban J connectivity index is 1.77. The molecule has 0 amide bonds. The molecule has 0 bridgehead atoms. The van der Waals surface area contributed by atoms with Gasteiger partial charge in [0, 0.05) is 25.0 Å². The van der Waals surface area contributed by atoms with Crippen molar-refractivity contribution in [1.82, 2.24) is 4.90 Å². The lowest BCUT2D eigenvalue weighted by atomic mass is 9.88. The monoisotopic (exact) mass is 303 g/mol. The Hall–Kier alpha value is 0.400. The van der Waals surface area contributed by atoms with Crippen LogP contribution in [0.15, 0.2) is 0 Å². The third kappa shape index (κ3) is 3.93. The Morgan fingerprint density at radius 3 is 2.65 bits per heavy atom. The highest BCUT2D eigenvalue weighted by atomic mass is 79.9. The van der Waals surface area contributed by atoms with Gasteiger partial charge in [-0.2, -0.15) is 0 Å². The minimum Gasteiger partial charge on any atom is -0.381 e. The van der Waals surface area contributed by atoms with Crippen LogP contribution < -0.4 is 0 Å². The van der Waals surface area contributed by atoms with Crippen molar-refractivity contribution in [3.05, 3.63) is 0 Å². The molecule has 100 valence electrons. The van der Waals surface area contributed by atoms with Gasteiger partial charge in [-0.1, -0.05) is 28.8 Å². The Bertz CT molecular complexity index is 222. The highest BCUT2D eigenvalue weighted by Gasteiger charge is 2.34. The smallest absolute Gasteiger partial charge is 0.0506 e. The highest BCUT2D eigenvalue weighted by Crippen LogP contribution is 2.40. The number of nitrogens with zero attached hydrogens (tertiary/aromatic N) is 1. The zero-order valence-corrected chi connectivity index (χ0v) is 12.7. The summed E-state index contributed by atoms with van der Waals surface area (Å²) in [5.74, 6) is 0.766. The van der Waals surface area contributed by atoms with Crippen molar-refractivity contribution in [2.75, 3.05) is 38.7 Å². The average Bonchev–Trinajstić information content (AvgIpc) is 2.79. The molecule has 1 heterocycles. The van der Waals surface area contributed by atoms with Crippen molar-refractivity contribution in [1.29, 1.82) is 0 Å². The van der Waals surface area contributed by atoms with Crippen LogP contribution in [0.5, 0.6) is 0 Å². The van der Waals surface area contributed by atoms with Crippen molar-refractivity contribution >= 4 is 15.9 Å². The summed E-state index contributed by atoms with van der Waals surface area (Å²) in [5, 5.41) is 1.17. The fraction of sp³-hybridized carbons (Fsp3) is 1.00. The van der Waals surface area contributed by atoms with Gasteiger partial charge in [-0.3, -0.25) is 0 Å². The predicted molar refractivity (Wildman–Crippen MR) is 75.7 cm³/mol. The second kappa shape index (κ2) is 6.53. The normalized spacial score (nSPS) is 28.8. The summed E-state index contributed by atoms with van der Waals surface area (Å²) >= 11 is 3.74. The molecular formula is C14H26BrNO. The first-order valence-corrected chi connectivity index (χ1v) is 8.18. The molecule has 0 radical (unpaired) electrons. The number of hydrogen-bond acceptors (Lipinski definition) is 2. The molecule has 0 aromatic carbocycles. The number of ether oxygens (including phenoxy) is 1. The van der Waals surface area contributed by atoms with Crippen LogP contribution in [0.4, 0.5) is 0 Å². The van der Waals surface area contributed by atoms with Crippen LogP contribution in [0.25, 0.3) is 0 Å². The SMILES string of the molecule is CN(CC1CCCOC1)CC1(CBr)CCCC1. The van der Waals surface area contributed by atoms with E-state index in [1.54, 1.807) is 0 Å². The molecule has 1 unspecified atom stereocenters. The summed E-state index contributed by atoms with van der Waals surface area (Å²) in [6, 6.07) is 0. The molecule has 2 rings (SSSR count). The molecule has 0 aromatic heterocycles. The Kier molecular flexibility index (Phi) is 5.31. The third-order valence-electron chi connectivity index (χ3n) is 4.38. The summed E-state index contributed by atoms with van der Waals surface area (Å²) in [4.78, 5) is 2.55. The van der Waals surface area contributed by atoms with E-state index in [1.165, 1.54) is 56.9 Å². The second-order valence-corrected chi connectivity index (χ2v) is 6.68. The summed E-state index contributed by atoms with van der Waals surface area (Å²) in [6.07, 6.45) is 8.26. The van der Waals surface area contributed by atoms with Gasteiger partial charge in [-0.05, 0) is 44.1 Å². The molecule has 0 spiro atoms. The molecule has 2 fully saturated rings. The number of alkyl halides is 1. The van der Waals surface area contributed by atoms with Crippen molar-refractivity contribution in [3.8, 4) is 0 Å². The highest BCUT2D eigenvalue weighted by molar-refractivity contribution is 9.09. The van der Waals surface area contributed by atoms with Crippen molar-refractivity contribution in [2.45, 2.75) is 38.5 Å². The quantitative estimate of drug-likeness (QED) is 0.723. The van der Waals surface area contributed by atoms with E-state index >= 15 is 0 Å². The van der Waals surface area contributed by atoms with E-state index in [-0.39, 0.29) is 0 Å². The van der Waals surface area contributed by atoms with E-state index in [4.69, 9.17) is 4.74 Å². The van der Waals surface area contributed by atoms with Crippen LogP contribution in [-0.2, 0) is 4.74 Å². The fourth-order valence-corrected chi connectivity index (χ4v) is 4.23. The van der Waals surface area contributed by atoms with Crippen LogP contribution in [0.3, 0.4) is 0 Å². The summed E-state index contributed by atoms with van der Waals surface area (Å²) in [7, 11) is 2.29. The minimum absolute atomic E-state index is 0.560. The van der Waals surface area contributed by atoms with E-state index in [9.17, 15) is 0 Å². The molecule has 1 atom stereocenters. The maximum absolute atomic E-state index is 5.57. The van der Waals surface area contributed by atoms with E-state index in [2.05, 4.69) is 27.9 Å². The van der Waals surface area contributed by atoms with Crippen LogP contribution in [0.1, 0.15) is 38.5 Å². The average molecular weight is 304 g/mol. The van der Waals surface area contributed by atoms with Crippen LogP contribution >= 0.6 is 15.9 Å². The molecule has 2 nitrogen and oxygen atoms in total. The van der Waals surface area contributed by atoms with Gasteiger partial charge in [0.15, 0.2) is 0 Å². The van der Waals surface area contributed by atoms with Gasteiger partial charge in [-0.15, -0.1) is 0 Å². The summed E-state index contributed by atoms with van der Waals surface area (Å²) < 4.78 is 5.57. The second-order valence-electron chi connectivity index (χ2n) is 6.12. The maximum atomic E-state index is 5.57. The molecule has 1 saturated carbocycles. The first kappa shape index (κ1) is 13.8. The van der Waals surface area contributed by atoms with Gasteiger partial charge < -0.3 is 9.64 Å². The number of hydrogen-bond donors (Lipinski definition) is 0. The Morgan fingerprint density at radius 1 is 1.29 bits per heavy atom. The summed E-state index contributed by atoms with van der Waals surface area (Å²) in [5.41, 5.74) is 0.560. The lowest BCUT2D eigenvalue weighted by Crippen LogP contribution is -2.39. The lowest BCUT2D eigenvalue weighted by molar-refractivity contribution is 0.0370. The van der Waals surface area contributed by atoms with Crippen LogP contribution in [0.2, 0.25) is 0 Å². The molecule has 2 aliphatic rings. The maximum Gasteiger partial charge on any atom is 0.0506 e. The van der Waals surface area contributed by atoms with E-state index in [1.807, 2.05) is 0 Å². The first-order valence-electron chi connectivity index (χ1n) is 7.06. The van der Waals surface area contributed by atoms with Crippen molar-refractivity contribution < 1.29 is 4.74 Å². The Labute approximate surface area is 114 Å². The minimum atomic E-state index is 0.560. The molecule has 1 saturated heterocycles. The van der Waals surface area contributed by atoms with Gasteiger partial charge in [0.2, 0.25) is 0 Å². The molecule has 0 aromatic rings. The van der Waals surface area contributed by atoms with Gasteiger partial charge >= 0.3 is 0 Å². The number of halogens is 1. The van der Waals surface area contributed by atoms with E-state index in [0.717, 1.165) is 19.1 Å². The first-order chi connectivity index (χ1) is 8.24. The zero-order valence-electron chi connectivity index (χ0n) is 11.1. The van der Waals surface area contributed by atoms with Crippen molar-refractivity contribution in [3.63, 3.8) is 0 Å². The van der Waals surface area contributed by atoms with Crippen molar-refractivity contribution in [2.24, 2.45) is 11.3 Å². The van der Waals surface area contributed by atoms with Gasteiger partial charge in [0.25, 0.3) is 0 Å². The van der Waals surface area contributed by atoms with Gasteiger partial charge in [-0.25, -0.2) is 0 Å². The fourth-order valence-electron chi connectivity index (χ4n) is 3.49. The van der Waals surface area contributed by atoms with E-state index in [0.29, 0.717) is 5.41 Å². The Morgan fingerprint density at radius 2 is 2.06 bits per heavy atom. The van der Waals surface area contributed by atoms with Crippen LogP contribution in [0, 0.1) is 11.3 Å². The standard InChI is InChI=1S/C14H26BrNO/c1-16(9-13-5-4-8-17-10-13)12-14(11-15)6-2-3-7-14/h13H,2-12H2,1H3. The third-order valence-corrected chi connectivity index (χ3v) is 5.57. The molecule has 17 heavy (non-hydrogen) atoms.